The van der Waals surface area contributed by atoms with Crippen LogP contribution in [0.1, 0.15) is 18.7 Å². The molecule has 31 heavy (non-hydrogen) atoms. The number of halogens is 5. The molecule has 0 bridgehead atoms. The van der Waals surface area contributed by atoms with Crippen LogP contribution in [0, 0.1) is 5.82 Å². The molecule has 8 nitrogen and oxygen atoms in total. The summed E-state index contributed by atoms with van der Waals surface area (Å²) in [5, 5.41) is 3.13. The first-order valence-electron chi connectivity index (χ1n) is 9.05. The van der Waals surface area contributed by atoms with E-state index in [1.165, 1.54) is 6.07 Å². The Morgan fingerprint density at radius 2 is 2.06 bits per heavy atom. The minimum absolute atomic E-state index is 0.0408. The zero-order valence-electron chi connectivity index (χ0n) is 15.8. The second-order valence-corrected chi connectivity index (χ2v) is 6.75. The van der Waals surface area contributed by atoms with E-state index in [0.29, 0.717) is 12.5 Å². The van der Waals surface area contributed by atoms with Crippen LogP contribution in [0.4, 0.5) is 23.2 Å². The van der Waals surface area contributed by atoms with E-state index in [4.69, 9.17) is 21.1 Å². The van der Waals surface area contributed by atoms with Crippen molar-refractivity contribution in [2.75, 3.05) is 30.6 Å². The second-order valence-electron chi connectivity index (χ2n) is 6.37. The van der Waals surface area contributed by atoms with Gasteiger partial charge in [0, 0.05) is 18.0 Å². The quantitative estimate of drug-likeness (QED) is 0.256. The van der Waals surface area contributed by atoms with E-state index < -0.39 is 41.6 Å². The van der Waals surface area contributed by atoms with Crippen LogP contribution < -0.4 is 4.90 Å². The highest BCUT2D eigenvalue weighted by Crippen LogP contribution is 2.33. The summed E-state index contributed by atoms with van der Waals surface area (Å²) in [5.74, 6) is -4.02. The molecule has 0 saturated carbocycles. The van der Waals surface area contributed by atoms with Crippen molar-refractivity contribution < 1.29 is 41.1 Å². The molecule has 1 amide bonds. The lowest BCUT2D eigenvalue weighted by atomic mass is 10.1. The maximum atomic E-state index is 14.6. The van der Waals surface area contributed by atoms with Crippen LogP contribution in [-0.4, -0.2) is 53.8 Å². The molecule has 0 N–H and O–H groups in total. The summed E-state index contributed by atoms with van der Waals surface area (Å²) in [6.07, 6.45) is -4.65. The maximum absolute atomic E-state index is 14.6. The van der Waals surface area contributed by atoms with E-state index in [-0.39, 0.29) is 37.3 Å². The molecule has 1 atom stereocenters. The number of rotatable bonds is 8. The summed E-state index contributed by atoms with van der Waals surface area (Å²) < 4.78 is 66.7. The zero-order valence-corrected chi connectivity index (χ0v) is 16.6. The molecule has 1 saturated heterocycles. The number of hydrogen-bond donors (Lipinski definition) is 0. The Hall–Kier alpha value is -2.73. The molecule has 0 radical (unpaired) electrons. The number of hydrogen-bond acceptors (Lipinski definition) is 7. The largest absolute Gasteiger partial charge is 0.471 e. The van der Waals surface area contributed by atoms with Crippen LogP contribution >= 0.6 is 11.6 Å². The molecule has 2 aromatic rings. The Kier molecular flexibility index (Phi) is 7.11. The monoisotopic (exact) mass is 465 g/mol. The van der Waals surface area contributed by atoms with Crippen molar-refractivity contribution in [1.82, 2.24) is 10.1 Å². The van der Waals surface area contributed by atoms with Gasteiger partial charge in [-0.2, -0.15) is 18.2 Å². The molecule has 2 heterocycles. The predicted octanol–water partition coefficient (Wildman–Crippen LogP) is 3.19. The van der Waals surface area contributed by atoms with E-state index in [1.54, 1.807) is 0 Å². The van der Waals surface area contributed by atoms with Gasteiger partial charge in [0.25, 0.3) is 0 Å². The molecule has 3 rings (SSSR count). The third-order valence-corrected chi connectivity index (χ3v) is 4.47. The zero-order chi connectivity index (χ0) is 22.6. The van der Waals surface area contributed by atoms with Gasteiger partial charge in [-0.05, 0) is 24.6 Å². The standard InChI is InChI=1S/C18H16ClF4N3O5/c19-5-6-29-7-8-30-16(28)13-3-4-14(27)26(13)10-1-2-11(12(20)9-10)15-24-17(31-25-15)18(21,22)23/h1-2,9,13H,3-8H2. The minimum Gasteiger partial charge on any atom is -0.462 e. The smallest absolute Gasteiger partial charge is 0.462 e. The Balaban J connectivity index is 1.74. The Morgan fingerprint density at radius 3 is 2.71 bits per heavy atom. The van der Waals surface area contributed by atoms with Crippen molar-refractivity contribution in [3.63, 3.8) is 0 Å². The first-order valence-corrected chi connectivity index (χ1v) is 9.59. The summed E-state index contributed by atoms with van der Waals surface area (Å²) in [5.41, 5.74) is -0.311. The lowest BCUT2D eigenvalue weighted by Gasteiger charge is -2.23. The Morgan fingerprint density at radius 1 is 1.29 bits per heavy atom. The lowest BCUT2D eigenvalue weighted by Crippen LogP contribution is -2.40. The van der Waals surface area contributed by atoms with E-state index in [9.17, 15) is 27.2 Å². The van der Waals surface area contributed by atoms with Crippen LogP contribution in [0.3, 0.4) is 0 Å². The van der Waals surface area contributed by atoms with Gasteiger partial charge >= 0.3 is 18.0 Å². The third-order valence-electron chi connectivity index (χ3n) is 4.32. The number of nitrogens with zero attached hydrogens (tertiary/aromatic N) is 3. The molecule has 1 aliphatic rings. The fourth-order valence-electron chi connectivity index (χ4n) is 2.97. The molecule has 168 valence electrons. The summed E-state index contributed by atoms with van der Waals surface area (Å²) in [4.78, 5) is 28.8. The first kappa shape index (κ1) is 22.9. The lowest BCUT2D eigenvalue weighted by molar-refractivity contribution is -0.159. The molecule has 0 spiro atoms. The molecular weight excluding hydrogens is 450 g/mol. The minimum atomic E-state index is -4.87. The predicted molar refractivity (Wildman–Crippen MR) is 97.7 cm³/mol. The highest BCUT2D eigenvalue weighted by Gasteiger charge is 2.40. The van der Waals surface area contributed by atoms with E-state index >= 15 is 0 Å². The number of alkyl halides is 4. The van der Waals surface area contributed by atoms with Gasteiger partial charge in [0.15, 0.2) is 0 Å². The number of ether oxygens (including phenoxy) is 2. The second kappa shape index (κ2) is 9.60. The number of esters is 1. The molecule has 1 aromatic heterocycles. The van der Waals surface area contributed by atoms with E-state index in [1.807, 2.05) is 0 Å². The molecular formula is C18H16ClF4N3O5. The maximum Gasteiger partial charge on any atom is 0.471 e. The van der Waals surface area contributed by atoms with Crippen molar-refractivity contribution in [2.45, 2.75) is 25.1 Å². The van der Waals surface area contributed by atoms with Crippen molar-refractivity contribution in [3.8, 4) is 11.4 Å². The Bertz CT molecular complexity index is 953. The number of carbonyl (C=O) groups excluding carboxylic acids is 2. The van der Waals surface area contributed by atoms with Crippen LogP contribution in [0.5, 0.6) is 0 Å². The fourth-order valence-corrected chi connectivity index (χ4v) is 3.08. The summed E-state index contributed by atoms with van der Waals surface area (Å²) >= 11 is 5.46. The van der Waals surface area contributed by atoms with Gasteiger partial charge in [0.2, 0.25) is 11.7 Å². The molecule has 0 aliphatic carbocycles. The number of carbonyl (C=O) groups is 2. The number of aromatic nitrogens is 2. The Labute approximate surface area is 178 Å². The third kappa shape index (κ3) is 5.31. The average molecular weight is 466 g/mol. The van der Waals surface area contributed by atoms with Crippen LogP contribution in [0.25, 0.3) is 11.4 Å². The number of anilines is 1. The highest BCUT2D eigenvalue weighted by atomic mass is 35.5. The molecule has 1 fully saturated rings. The number of benzene rings is 1. The van der Waals surface area contributed by atoms with Gasteiger partial charge < -0.3 is 14.0 Å². The van der Waals surface area contributed by atoms with Crippen molar-refractivity contribution in [1.29, 1.82) is 0 Å². The van der Waals surface area contributed by atoms with Gasteiger partial charge in [-0.1, -0.05) is 5.16 Å². The molecule has 13 heteroatoms. The number of amides is 1. The normalized spacial score (nSPS) is 16.7. The van der Waals surface area contributed by atoms with Gasteiger partial charge in [0.05, 0.1) is 18.8 Å². The van der Waals surface area contributed by atoms with E-state index in [2.05, 4.69) is 14.7 Å². The summed E-state index contributed by atoms with van der Waals surface area (Å²) in [7, 11) is 0. The fraction of sp³-hybridized carbons (Fsp3) is 0.444. The van der Waals surface area contributed by atoms with Gasteiger partial charge in [-0.25, -0.2) is 9.18 Å². The van der Waals surface area contributed by atoms with Crippen molar-refractivity contribution in [2.24, 2.45) is 0 Å². The summed E-state index contributed by atoms with van der Waals surface area (Å²) in [6, 6.07) is 2.32. The van der Waals surface area contributed by atoms with Crippen molar-refractivity contribution in [3.05, 3.63) is 29.9 Å². The van der Waals surface area contributed by atoms with Gasteiger partial charge in [-0.3, -0.25) is 9.69 Å². The van der Waals surface area contributed by atoms with Gasteiger partial charge in [-0.15, -0.1) is 11.6 Å². The van der Waals surface area contributed by atoms with Crippen LogP contribution in [0.15, 0.2) is 22.7 Å². The SMILES string of the molecule is O=C(OCCOCCCl)C1CCC(=O)N1c1ccc(-c2noc(C(F)(F)F)n2)c(F)c1. The first-order chi connectivity index (χ1) is 14.7. The van der Waals surface area contributed by atoms with Crippen LogP contribution in [-0.2, 0) is 25.2 Å². The molecule has 1 unspecified atom stereocenters. The topological polar surface area (TPSA) is 94.8 Å². The van der Waals surface area contributed by atoms with Gasteiger partial charge in [0.1, 0.15) is 18.5 Å². The van der Waals surface area contributed by atoms with E-state index in [0.717, 1.165) is 17.0 Å². The average Bonchev–Trinajstić information content (AvgIpc) is 3.34. The van der Waals surface area contributed by atoms with Crippen molar-refractivity contribution >= 4 is 29.2 Å². The van der Waals surface area contributed by atoms with Crippen LogP contribution in [0.2, 0.25) is 0 Å². The molecule has 1 aromatic carbocycles. The summed E-state index contributed by atoms with van der Waals surface area (Å²) in [6.45, 7) is 0.387. The molecule has 1 aliphatic heterocycles. The highest BCUT2D eigenvalue weighted by molar-refractivity contribution is 6.17.